The quantitative estimate of drug-likeness (QED) is 0.779. The van der Waals surface area contributed by atoms with Crippen LogP contribution in [0.2, 0.25) is 0 Å². The van der Waals surface area contributed by atoms with E-state index in [1.807, 2.05) is 18.2 Å². The summed E-state index contributed by atoms with van der Waals surface area (Å²) >= 11 is 0. The molecule has 0 unspecified atom stereocenters. The fourth-order valence-electron chi connectivity index (χ4n) is 2.59. The molecule has 0 aliphatic carbocycles. The van der Waals surface area contributed by atoms with Gasteiger partial charge in [0.05, 0.1) is 5.56 Å². The highest BCUT2D eigenvalue weighted by Crippen LogP contribution is 2.30. The number of carbonyl (C=O) groups excluding carboxylic acids is 2. The molecule has 2 amide bonds. The van der Waals surface area contributed by atoms with Crippen LogP contribution in [-0.4, -0.2) is 38.2 Å². The lowest BCUT2D eigenvalue weighted by atomic mass is 10.1. The van der Waals surface area contributed by atoms with Crippen LogP contribution in [0.5, 0.6) is 17.2 Å². The number of benzene rings is 2. The Morgan fingerprint density at radius 1 is 1.08 bits per heavy atom. The number of carbonyl (C=O) groups is 2. The van der Waals surface area contributed by atoms with Crippen LogP contribution >= 0.6 is 0 Å². The topological polar surface area (TPSA) is 99.9 Å². The van der Waals surface area contributed by atoms with Gasteiger partial charge in [-0.05, 0) is 36.2 Å². The van der Waals surface area contributed by atoms with Crippen molar-refractivity contribution in [1.82, 2.24) is 5.32 Å². The van der Waals surface area contributed by atoms with Gasteiger partial charge in [0.1, 0.15) is 19.0 Å². The lowest BCUT2D eigenvalue weighted by molar-refractivity contribution is -0.119. The first-order valence-electron chi connectivity index (χ1n) is 8.30. The molecule has 1 aliphatic heterocycles. The van der Waals surface area contributed by atoms with Crippen molar-refractivity contribution in [1.29, 1.82) is 0 Å². The molecule has 0 atom stereocenters. The highest BCUT2D eigenvalue weighted by Gasteiger charge is 2.14. The van der Waals surface area contributed by atoms with E-state index >= 15 is 0 Å². The van der Waals surface area contributed by atoms with Gasteiger partial charge in [-0.15, -0.1) is 0 Å². The number of rotatable bonds is 7. The second-order valence-electron chi connectivity index (χ2n) is 5.74. The van der Waals surface area contributed by atoms with Crippen LogP contribution in [0, 0.1) is 0 Å². The predicted octanol–water partition coefficient (Wildman–Crippen LogP) is 1.29. The van der Waals surface area contributed by atoms with E-state index < -0.39 is 5.91 Å². The Hall–Kier alpha value is -3.22. The fourth-order valence-corrected chi connectivity index (χ4v) is 2.59. The Kier molecular flexibility index (Phi) is 5.58. The van der Waals surface area contributed by atoms with E-state index in [1.165, 1.54) is 0 Å². The summed E-state index contributed by atoms with van der Waals surface area (Å²) in [4.78, 5) is 23.2. The predicted molar refractivity (Wildman–Crippen MR) is 94.6 cm³/mol. The summed E-state index contributed by atoms with van der Waals surface area (Å²) in [5.74, 6) is 0.916. The molecule has 26 heavy (non-hydrogen) atoms. The van der Waals surface area contributed by atoms with Gasteiger partial charge in [-0.3, -0.25) is 9.59 Å². The number of para-hydroxylation sites is 1. The number of ether oxygens (including phenoxy) is 3. The molecular formula is C19H20N2O5. The van der Waals surface area contributed by atoms with Crippen molar-refractivity contribution in [3.8, 4) is 17.2 Å². The molecule has 0 saturated heterocycles. The van der Waals surface area contributed by atoms with E-state index in [1.54, 1.807) is 24.3 Å². The lowest BCUT2D eigenvalue weighted by Gasteiger charge is -2.19. The van der Waals surface area contributed by atoms with E-state index in [4.69, 9.17) is 19.9 Å². The fraction of sp³-hybridized carbons (Fsp3) is 0.263. The first kappa shape index (κ1) is 17.6. The molecule has 0 aromatic heterocycles. The summed E-state index contributed by atoms with van der Waals surface area (Å²) in [7, 11) is 0. The molecule has 0 fully saturated rings. The summed E-state index contributed by atoms with van der Waals surface area (Å²) in [6.45, 7) is 1.26. The van der Waals surface area contributed by atoms with Crippen LogP contribution in [0.15, 0.2) is 42.5 Å². The van der Waals surface area contributed by atoms with Crippen LogP contribution in [-0.2, 0) is 11.2 Å². The molecule has 3 N–H and O–H groups in total. The van der Waals surface area contributed by atoms with E-state index in [9.17, 15) is 9.59 Å². The molecule has 7 heteroatoms. The molecule has 1 aliphatic rings. The van der Waals surface area contributed by atoms with Crippen LogP contribution in [0.1, 0.15) is 15.9 Å². The molecule has 7 nitrogen and oxygen atoms in total. The van der Waals surface area contributed by atoms with Crippen LogP contribution in [0.25, 0.3) is 0 Å². The standard InChI is InChI=1S/C19H20N2O5/c20-18(22)12-26-15-4-2-1-3-14(15)19(23)21-8-7-13-5-6-16-17(11-13)25-10-9-24-16/h1-6,11H,7-10,12H2,(H2,20,22)(H,21,23). The van der Waals surface area contributed by atoms with Crippen LogP contribution in [0.4, 0.5) is 0 Å². The van der Waals surface area contributed by atoms with Gasteiger partial charge in [-0.25, -0.2) is 0 Å². The third-order valence-corrected chi connectivity index (χ3v) is 3.81. The zero-order valence-electron chi connectivity index (χ0n) is 14.2. The Bertz CT molecular complexity index is 806. The summed E-state index contributed by atoms with van der Waals surface area (Å²) in [6.07, 6.45) is 0.646. The normalized spacial score (nSPS) is 12.3. The maximum atomic E-state index is 12.4. The number of fused-ring (bicyclic) bond motifs is 1. The van der Waals surface area contributed by atoms with Gasteiger partial charge < -0.3 is 25.3 Å². The molecule has 1 heterocycles. The van der Waals surface area contributed by atoms with Crippen molar-refractivity contribution in [3.63, 3.8) is 0 Å². The van der Waals surface area contributed by atoms with Gasteiger partial charge in [0.15, 0.2) is 18.1 Å². The summed E-state index contributed by atoms with van der Waals surface area (Å²) in [5, 5.41) is 2.85. The van der Waals surface area contributed by atoms with E-state index in [0.717, 1.165) is 17.1 Å². The zero-order valence-corrected chi connectivity index (χ0v) is 14.2. The van der Waals surface area contributed by atoms with Crippen LogP contribution < -0.4 is 25.3 Å². The van der Waals surface area contributed by atoms with Crippen molar-refractivity contribution >= 4 is 11.8 Å². The summed E-state index contributed by atoms with van der Waals surface area (Å²) < 4.78 is 16.3. The zero-order chi connectivity index (χ0) is 18.4. The van der Waals surface area contributed by atoms with E-state index in [0.29, 0.717) is 37.5 Å². The molecule has 0 saturated carbocycles. The average molecular weight is 356 g/mol. The number of amides is 2. The Morgan fingerprint density at radius 2 is 1.85 bits per heavy atom. The lowest BCUT2D eigenvalue weighted by Crippen LogP contribution is -2.27. The highest BCUT2D eigenvalue weighted by atomic mass is 16.6. The van der Waals surface area contributed by atoms with Crippen molar-refractivity contribution in [3.05, 3.63) is 53.6 Å². The van der Waals surface area contributed by atoms with Gasteiger partial charge in [-0.1, -0.05) is 18.2 Å². The monoisotopic (exact) mass is 356 g/mol. The molecule has 0 spiro atoms. The Morgan fingerprint density at radius 3 is 2.65 bits per heavy atom. The number of nitrogens with two attached hydrogens (primary N) is 1. The Balaban J connectivity index is 1.57. The van der Waals surface area contributed by atoms with Crippen LogP contribution in [0.3, 0.4) is 0 Å². The van der Waals surface area contributed by atoms with Crippen molar-refractivity contribution < 1.29 is 23.8 Å². The highest BCUT2D eigenvalue weighted by molar-refractivity contribution is 5.97. The number of primary amides is 1. The third-order valence-electron chi connectivity index (χ3n) is 3.81. The van der Waals surface area contributed by atoms with Gasteiger partial charge >= 0.3 is 0 Å². The van der Waals surface area contributed by atoms with Gasteiger partial charge in [-0.2, -0.15) is 0 Å². The SMILES string of the molecule is NC(=O)COc1ccccc1C(=O)NCCc1ccc2c(c1)OCCO2. The van der Waals surface area contributed by atoms with Crippen molar-refractivity contribution in [2.75, 3.05) is 26.4 Å². The maximum Gasteiger partial charge on any atom is 0.255 e. The number of hydrogen-bond acceptors (Lipinski definition) is 5. The van der Waals surface area contributed by atoms with E-state index in [-0.39, 0.29) is 12.5 Å². The molecule has 136 valence electrons. The van der Waals surface area contributed by atoms with Gasteiger partial charge in [0.2, 0.25) is 0 Å². The largest absolute Gasteiger partial charge is 0.486 e. The average Bonchev–Trinajstić information content (AvgIpc) is 2.66. The minimum absolute atomic E-state index is 0.275. The summed E-state index contributed by atoms with van der Waals surface area (Å²) in [6, 6.07) is 12.5. The summed E-state index contributed by atoms with van der Waals surface area (Å²) in [5.41, 5.74) is 6.47. The Labute approximate surface area is 151 Å². The first-order valence-corrected chi connectivity index (χ1v) is 8.30. The second kappa shape index (κ2) is 8.24. The molecule has 2 aromatic carbocycles. The molecular weight excluding hydrogens is 336 g/mol. The van der Waals surface area contributed by atoms with Gasteiger partial charge in [0.25, 0.3) is 11.8 Å². The molecule has 2 aromatic rings. The first-order chi connectivity index (χ1) is 12.6. The molecule has 0 radical (unpaired) electrons. The minimum atomic E-state index is -0.598. The maximum absolute atomic E-state index is 12.4. The smallest absolute Gasteiger partial charge is 0.255 e. The van der Waals surface area contributed by atoms with Crippen molar-refractivity contribution in [2.24, 2.45) is 5.73 Å². The second-order valence-corrected chi connectivity index (χ2v) is 5.74. The van der Waals surface area contributed by atoms with E-state index in [2.05, 4.69) is 5.32 Å². The molecule has 0 bridgehead atoms. The van der Waals surface area contributed by atoms with Crippen molar-refractivity contribution in [2.45, 2.75) is 6.42 Å². The number of nitrogens with one attached hydrogen (secondary N) is 1. The molecule has 3 rings (SSSR count). The number of hydrogen-bond donors (Lipinski definition) is 2. The minimum Gasteiger partial charge on any atom is -0.486 e. The van der Waals surface area contributed by atoms with Gasteiger partial charge in [0, 0.05) is 6.54 Å². The third kappa shape index (κ3) is 4.44.